The lowest BCUT2D eigenvalue weighted by Gasteiger charge is -2.02. The molecule has 84 heavy (non-hydrogen) atoms. The van der Waals surface area contributed by atoms with E-state index in [1.54, 1.807) is 30.7 Å². The monoisotopic (exact) mass is 1100 g/mol. The summed E-state index contributed by atoms with van der Waals surface area (Å²) >= 11 is 0. The van der Waals surface area contributed by atoms with E-state index in [1.807, 2.05) is 118 Å². The van der Waals surface area contributed by atoms with Gasteiger partial charge in [0.1, 0.15) is 29.0 Å². The van der Waals surface area contributed by atoms with Gasteiger partial charge >= 0.3 is 11.4 Å². The van der Waals surface area contributed by atoms with Crippen molar-refractivity contribution in [3.63, 3.8) is 0 Å². The Morgan fingerprint density at radius 2 is 0.774 bits per heavy atom. The molecule has 1 aromatic carbocycles. The van der Waals surface area contributed by atoms with E-state index in [0.717, 1.165) is 121 Å². The molecule has 0 saturated heterocycles. The summed E-state index contributed by atoms with van der Waals surface area (Å²) in [5, 5.41) is 0. The molecular formula is C64H47N19O+4. The highest BCUT2D eigenvalue weighted by atomic mass is 16.3. The van der Waals surface area contributed by atoms with E-state index in [4.69, 9.17) is 8.53 Å². The predicted molar refractivity (Wildman–Crippen MR) is 310 cm³/mol. The van der Waals surface area contributed by atoms with Crippen LogP contribution in [0.15, 0.2) is 207 Å². The van der Waals surface area contributed by atoms with Crippen LogP contribution in [0.2, 0.25) is 0 Å². The third kappa shape index (κ3) is 6.51. The Morgan fingerprint density at radius 3 is 1.31 bits per heavy atom. The molecule has 0 amide bonds. The average Bonchev–Trinajstić information content (AvgIpc) is 1.69. The number of aryl methyl sites for hydroxylation is 2. The van der Waals surface area contributed by atoms with Crippen LogP contribution < -0.4 is 17.6 Å². The van der Waals surface area contributed by atoms with Gasteiger partial charge in [0.25, 0.3) is 22.6 Å². The number of para-hydroxylation sites is 1. The summed E-state index contributed by atoms with van der Waals surface area (Å²) in [7, 11) is 2.08. The lowest BCUT2D eigenvalue weighted by molar-refractivity contribution is -0.488. The molecule has 21 rings (SSSR count). The number of aromatic nitrogens is 19. The van der Waals surface area contributed by atoms with Crippen molar-refractivity contribution in [3.8, 4) is 51.2 Å². The smallest absolute Gasteiger partial charge is 0.313 e. The Labute approximate surface area is 479 Å². The Hall–Kier alpha value is -11.5. The molecule has 0 N–H and O–H groups in total. The van der Waals surface area contributed by atoms with E-state index in [1.165, 1.54) is 27.0 Å². The maximum absolute atomic E-state index is 7.96. The molecule has 400 valence electrons. The van der Waals surface area contributed by atoms with Crippen molar-refractivity contribution in [2.75, 3.05) is 0 Å². The highest BCUT2D eigenvalue weighted by Gasteiger charge is 2.36. The fourth-order valence-corrected chi connectivity index (χ4v) is 13.0. The minimum Gasteiger partial charge on any atom is -0.419 e. The summed E-state index contributed by atoms with van der Waals surface area (Å²) in [6.45, 7) is 0.966. The van der Waals surface area contributed by atoms with Crippen molar-refractivity contribution in [2.45, 2.75) is 26.2 Å². The summed E-state index contributed by atoms with van der Waals surface area (Å²) in [6.07, 6.45) is 22.6. The van der Waals surface area contributed by atoms with E-state index in [9.17, 15) is 0 Å². The van der Waals surface area contributed by atoms with Gasteiger partial charge in [-0.15, -0.1) is 19.9 Å². The second kappa shape index (κ2) is 17.5. The van der Waals surface area contributed by atoms with Gasteiger partial charge in [0, 0.05) is 61.1 Å². The third-order valence-electron chi connectivity index (χ3n) is 16.5. The second-order valence-electron chi connectivity index (χ2n) is 21.2. The number of oxazole rings is 1. The van der Waals surface area contributed by atoms with Gasteiger partial charge in [-0.05, 0) is 84.9 Å². The van der Waals surface area contributed by atoms with Gasteiger partial charge in [-0.2, -0.15) is 17.6 Å². The summed E-state index contributed by atoms with van der Waals surface area (Å²) in [4.78, 5) is 36.1. The number of hydrogen-bond donors (Lipinski definition) is 0. The van der Waals surface area contributed by atoms with Crippen LogP contribution >= 0.6 is 0 Å². The van der Waals surface area contributed by atoms with E-state index < -0.39 is 6.98 Å². The summed E-state index contributed by atoms with van der Waals surface area (Å²) in [6, 6.07) is 42.3. The van der Waals surface area contributed by atoms with Gasteiger partial charge < -0.3 is 4.42 Å². The molecule has 4 aliphatic rings. The zero-order valence-corrected chi connectivity index (χ0v) is 44.8. The minimum atomic E-state index is -2.30. The number of imidazole rings is 7. The molecule has 0 spiro atoms. The molecule has 0 radical (unpaired) electrons. The van der Waals surface area contributed by atoms with Crippen molar-refractivity contribution in [3.05, 3.63) is 225 Å². The highest BCUT2D eigenvalue weighted by Crippen LogP contribution is 2.38. The number of fused-ring (bicyclic) bond motifs is 28. The first-order chi connectivity index (χ1) is 42.7. The molecule has 4 aliphatic heterocycles. The zero-order chi connectivity index (χ0) is 57.8. The van der Waals surface area contributed by atoms with E-state index in [0.29, 0.717) is 23.4 Å². The number of hydrogen-bond acceptors (Lipinski definition) is 9. The lowest BCUT2D eigenvalue weighted by atomic mass is 10.2. The van der Waals surface area contributed by atoms with E-state index in [-0.39, 0.29) is 0 Å². The van der Waals surface area contributed by atoms with Crippen LogP contribution in [-0.2, 0) is 40.2 Å². The summed E-state index contributed by atoms with van der Waals surface area (Å²) in [5.74, 6) is 0. The van der Waals surface area contributed by atoms with Gasteiger partial charge in [-0.1, -0.05) is 42.5 Å². The molecule has 20 heteroatoms. The van der Waals surface area contributed by atoms with Crippen LogP contribution in [0, 0.1) is 0 Å². The average molecular weight is 1100 g/mol. The van der Waals surface area contributed by atoms with Crippen molar-refractivity contribution in [2.24, 2.45) is 14.0 Å². The van der Waals surface area contributed by atoms with Crippen molar-refractivity contribution >= 4 is 67.4 Å². The zero-order valence-electron chi connectivity index (χ0n) is 47.8. The van der Waals surface area contributed by atoms with Crippen LogP contribution in [0.1, 0.15) is 26.4 Å². The first-order valence-electron chi connectivity index (χ1n) is 29.0. The van der Waals surface area contributed by atoms with Crippen molar-refractivity contribution in [1.82, 2.24) is 71.8 Å². The Bertz CT molecular complexity index is 5700. The molecular weight excluding hydrogens is 1050 g/mol. The van der Waals surface area contributed by atoms with Crippen LogP contribution in [0.3, 0.4) is 0 Å². The number of benzene rings is 1. The van der Waals surface area contributed by atoms with Gasteiger partial charge in [-0.3, -0.25) is 47.3 Å². The molecule has 20 nitrogen and oxygen atoms in total. The van der Waals surface area contributed by atoms with Gasteiger partial charge in [-0.25, -0.2) is 4.57 Å². The quantitative estimate of drug-likeness (QED) is 0.149. The Balaban J connectivity index is 0.0000000877. The number of nitrogens with zero attached hydrogens (tertiary/aromatic N) is 19. The van der Waals surface area contributed by atoms with Gasteiger partial charge in [0.05, 0.1) is 54.6 Å². The van der Waals surface area contributed by atoms with Crippen LogP contribution in [0.4, 0.5) is 0 Å². The second-order valence-corrected chi connectivity index (χ2v) is 21.2. The fourth-order valence-electron chi connectivity index (χ4n) is 13.0. The standard InChI is InChI=1S/C20H14N5.2C15H12N5.C14H9N4O/c1-2-7-15(8-3-1)25-16-9-5-11-22-19(16)24-13-23-12-14-6-4-10-21-17(14)18(23)20(24)25;2*1-18-11-5-3-7-17-14(11)20-9-19-8-10-4-2-6-16-12(10)13(19)15(18)20;1-3-9-7-17-8-18-13-10(4-2-6-16-13)19-14(18)12(17)11(9)15-5-1/h1-11,13H,12H2;2*2-7,9H,8H2,1H3;1-6,8H,7H2/q4*+1/i;1D3;;. The molecule has 17 aromatic rings. The Morgan fingerprint density at radius 1 is 0.381 bits per heavy atom. The van der Waals surface area contributed by atoms with Crippen molar-refractivity contribution in [1.29, 1.82) is 0 Å². The molecule has 0 fully saturated rings. The topological polar surface area (TPSA) is 167 Å². The number of pyridine rings is 8. The van der Waals surface area contributed by atoms with E-state index in [2.05, 4.69) is 146 Å². The largest absolute Gasteiger partial charge is 0.419 e. The Kier molecular flexibility index (Phi) is 9.01. The first kappa shape index (κ1) is 43.3. The lowest BCUT2D eigenvalue weighted by Crippen LogP contribution is -2.18. The molecule has 0 aliphatic carbocycles. The highest BCUT2D eigenvalue weighted by molar-refractivity contribution is 5.85. The molecule has 0 bridgehead atoms. The summed E-state index contributed by atoms with van der Waals surface area (Å²) in [5.41, 5.74) is 24.9. The van der Waals surface area contributed by atoms with Crippen LogP contribution in [0.25, 0.3) is 119 Å². The summed E-state index contributed by atoms with van der Waals surface area (Å²) < 4.78 is 52.5. The predicted octanol–water partition coefficient (Wildman–Crippen LogP) is 7.86. The van der Waals surface area contributed by atoms with Gasteiger partial charge in [0.15, 0.2) is 58.9 Å². The van der Waals surface area contributed by atoms with E-state index >= 15 is 0 Å². The molecule has 0 unspecified atom stereocenters. The molecule has 0 saturated carbocycles. The third-order valence-corrected chi connectivity index (χ3v) is 16.5. The van der Waals surface area contributed by atoms with Crippen molar-refractivity contribution < 1.29 is 26.1 Å². The normalized spacial score (nSPS) is 13.6. The number of rotatable bonds is 1. The van der Waals surface area contributed by atoms with Crippen LogP contribution in [0.5, 0.6) is 0 Å². The maximum atomic E-state index is 7.96. The SMILES string of the molecule is Cn1c2cccnc2[n+]2cn3c(c12)-c1ncccc1C3.[2H]C([2H])([2H])n1c2cccnc2[n+]2cn3c(c12)-c1ncccc1C3.c1ccc(-n2c3cccnc3[n+]3cn4c(c23)-c2ncccc2C4)cc1.c1cnc2c(c1)Cn1c[n+]3c(oc4cccnc43)c1-2. The van der Waals surface area contributed by atoms with Crippen LogP contribution in [-0.4, -0.2) is 71.8 Å². The minimum absolute atomic E-state index is 0.593. The molecule has 0 atom stereocenters. The molecule has 16 aromatic heterocycles. The molecule has 20 heterocycles. The maximum Gasteiger partial charge on any atom is 0.313 e. The first-order valence-corrected chi connectivity index (χ1v) is 27.5. The fraction of sp³-hybridized carbons (Fsp3) is 0.0938. The van der Waals surface area contributed by atoms with Gasteiger partial charge in [0.2, 0.25) is 22.6 Å².